The molecule has 0 bridgehead atoms. The zero-order valence-electron chi connectivity index (χ0n) is 7.45. The van der Waals surface area contributed by atoms with E-state index in [1.807, 2.05) is 0 Å². The van der Waals surface area contributed by atoms with Crippen molar-refractivity contribution < 1.29 is 9.90 Å². The molecule has 0 atom stereocenters. The zero-order chi connectivity index (χ0) is 9.68. The number of carbonyl (C=O) groups excluding carboxylic acids is 1. The van der Waals surface area contributed by atoms with E-state index in [1.165, 1.54) is 23.9 Å². The molecule has 0 amide bonds. The Balaban J connectivity index is 2.46. The lowest BCUT2D eigenvalue weighted by Crippen LogP contribution is -1.95. The lowest BCUT2D eigenvalue weighted by atomic mass is 10.1. The minimum atomic E-state index is 0.0138. The van der Waals surface area contributed by atoms with Crippen LogP contribution < -0.4 is 5.11 Å². The van der Waals surface area contributed by atoms with E-state index in [4.69, 9.17) is 0 Å². The van der Waals surface area contributed by atoms with Gasteiger partial charge in [-0.25, -0.2) is 0 Å². The van der Waals surface area contributed by atoms with Gasteiger partial charge < -0.3 is 5.11 Å². The average Bonchev–Trinajstić information content (AvgIpc) is 2.16. The van der Waals surface area contributed by atoms with E-state index in [2.05, 4.69) is 0 Å². The average molecular weight is 195 g/mol. The SMILES string of the molecule is CSC(=O)CCc1ccc([O-])cc1. The van der Waals surface area contributed by atoms with E-state index in [0.29, 0.717) is 6.42 Å². The lowest BCUT2D eigenvalue weighted by molar-refractivity contribution is -0.268. The van der Waals surface area contributed by atoms with Crippen LogP contribution in [-0.2, 0) is 11.2 Å². The van der Waals surface area contributed by atoms with Gasteiger partial charge in [0.15, 0.2) is 5.12 Å². The highest BCUT2D eigenvalue weighted by Gasteiger charge is 1.99. The van der Waals surface area contributed by atoms with E-state index in [1.54, 1.807) is 18.4 Å². The molecule has 0 aromatic heterocycles. The van der Waals surface area contributed by atoms with E-state index in [0.717, 1.165) is 12.0 Å². The summed E-state index contributed by atoms with van der Waals surface area (Å²) >= 11 is 1.25. The van der Waals surface area contributed by atoms with Crippen molar-refractivity contribution in [1.82, 2.24) is 0 Å². The topological polar surface area (TPSA) is 40.1 Å². The predicted molar refractivity (Wildman–Crippen MR) is 52.7 cm³/mol. The molecule has 70 valence electrons. The van der Waals surface area contributed by atoms with Crippen LogP contribution in [0.15, 0.2) is 24.3 Å². The van der Waals surface area contributed by atoms with Crippen molar-refractivity contribution in [1.29, 1.82) is 0 Å². The summed E-state index contributed by atoms with van der Waals surface area (Å²) in [4.78, 5) is 11.0. The fraction of sp³-hybridized carbons (Fsp3) is 0.300. The second-order valence-electron chi connectivity index (χ2n) is 2.72. The first-order valence-electron chi connectivity index (χ1n) is 4.05. The normalized spacial score (nSPS) is 9.92. The molecule has 0 radical (unpaired) electrons. The molecule has 1 aromatic rings. The van der Waals surface area contributed by atoms with Crippen molar-refractivity contribution >= 4 is 16.9 Å². The Morgan fingerprint density at radius 3 is 2.54 bits per heavy atom. The van der Waals surface area contributed by atoms with Gasteiger partial charge in [0.1, 0.15) is 0 Å². The van der Waals surface area contributed by atoms with Gasteiger partial charge in [0.25, 0.3) is 0 Å². The van der Waals surface area contributed by atoms with Gasteiger partial charge in [-0.1, -0.05) is 36.0 Å². The number of carbonyl (C=O) groups is 1. The summed E-state index contributed by atoms with van der Waals surface area (Å²) in [5.74, 6) is 0.0138. The highest BCUT2D eigenvalue weighted by Crippen LogP contribution is 2.10. The van der Waals surface area contributed by atoms with Crippen LogP contribution in [0.2, 0.25) is 0 Å². The summed E-state index contributed by atoms with van der Waals surface area (Å²) in [5, 5.41) is 10.9. The molecule has 0 N–H and O–H groups in total. The monoisotopic (exact) mass is 195 g/mol. The van der Waals surface area contributed by atoms with Crippen LogP contribution in [0.25, 0.3) is 0 Å². The third-order valence-corrected chi connectivity index (χ3v) is 2.43. The summed E-state index contributed by atoms with van der Waals surface area (Å²) in [5.41, 5.74) is 1.04. The van der Waals surface area contributed by atoms with Gasteiger partial charge in [0.2, 0.25) is 0 Å². The summed E-state index contributed by atoms with van der Waals surface area (Å²) < 4.78 is 0. The second kappa shape index (κ2) is 4.92. The Morgan fingerprint density at radius 1 is 1.38 bits per heavy atom. The summed E-state index contributed by atoms with van der Waals surface area (Å²) in [7, 11) is 0. The van der Waals surface area contributed by atoms with Crippen molar-refractivity contribution in [3.8, 4) is 5.75 Å². The molecule has 0 aliphatic carbocycles. The lowest BCUT2D eigenvalue weighted by Gasteiger charge is -2.05. The highest BCUT2D eigenvalue weighted by atomic mass is 32.2. The van der Waals surface area contributed by atoms with Gasteiger partial charge in [-0.3, -0.25) is 4.79 Å². The fourth-order valence-corrected chi connectivity index (χ4v) is 1.31. The first-order valence-corrected chi connectivity index (χ1v) is 5.27. The van der Waals surface area contributed by atoms with E-state index in [-0.39, 0.29) is 10.9 Å². The Bertz CT molecular complexity index is 279. The standard InChI is InChI=1S/C10H12O2S/c1-13-10(12)7-4-8-2-5-9(11)6-3-8/h2-3,5-6,11H,4,7H2,1H3/p-1. The van der Waals surface area contributed by atoms with Gasteiger partial charge in [-0.05, 0) is 18.2 Å². The van der Waals surface area contributed by atoms with Gasteiger partial charge in [-0.15, -0.1) is 5.75 Å². The molecule has 0 spiro atoms. The molecular formula is C10H11O2S-. The Kier molecular flexibility index (Phi) is 3.83. The summed E-state index contributed by atoms with van der Waals surface area (Å²) in [6, 6.07) is 6.60. The number of rotatable bonds is 3. The van der Waals surface area contributed by atoms with E-state index >= 15 is 0 Å². The predicted octanol–water partition coefficient (Wildman–Crippen LogP) is 1.58. The van der Waals surface area contributed by atoms with Crippen molar-refractivity contribution in [2.45, 2.75) is 12.8 Å². The highest BCUT2D eigenvalue weighted by molar-refractivity contribution is 8.13. The number of hydrogen-bond acceptors (Lipinski definition) is 3. The van der Waals surface area contributed by atoms with Crippen molar-refractivity contribution in [3.63, 3.8) is 0 Å². The van der Waals surface area contributed by atoms with Crippen LogP contribution in [0.1, 0.15) is 12.0 Å². The van der Waals surface area contributed by atoms with Crippen LogP contribution in [-0.4, -0.2) is 11.4 Å². The summed E-state index contributed by atoms with van der Waals surface area (Å²) in [6.07, 6.45) is 3.04. The van der Waals surface area contributed by atoms with Crippen LogP contribution >= 0.6 is 11.8 Å². The number of hydrogen-bond donors (Lipinski definition) is 0. The minimum absolute atomic E-state index is 0.0138. The number of benzene rings is 1. The van der Waals surface area contributed by atoms with Crippen LogP contribution in [0.3, 0.4) is 0 Å². The molecule has 0 fully saturated rings. The smallest absolute Gasteiger partial charge is 0.189 e. The van der Waals surface area contributed by atoms with Crippen molar-refractivity contribution in [3.05, 3.63) is 29.8 Å². The molecule has 0 saturated heterocycles. The van der Waals surface area contributed by atoms with E-state index < -0.39 is 0 Å². The first kappa shape index (κ1) is 10.1. The molecule has 1 aromatic carbocycles. The van der Waals surface area contributed by atoms with Crippen molar-refractivity contribution in [2.24, 2.45) is 0 Å². The molecule has 2 nitrogen and oxygen atoms in total. The van der Waals surface area contributed by atoms with Crippen LogP contribution in [0.5, 0.6) is 5.75 Å². The Labute approximate surface area is 82.0 Å². The fourth-order valence-electron chi connectivity index (χ4n) is 1.00. The molecular weight excluding hydrogens is 184 g/mol. The maximum atomic E-state index is 11.0. The molecule has 3 heteroatoms. The van der Waals surface area contributed by atoms with Gasteiger partial charge in [0, 0.05) is 6.42 Å². The molecule has 0 saturated carbocycles. The molecule has 13 heavy (non-hydrogen) atoms. The molecule has 1 rings (SSSR count). The zero-order valence-corrected chi connectivity index (χ0v) is 8.26. The number of thioether (sulfide) groups is 1. The molecule has 0 aliphatic heterocycles. The van der Waals surface area contributed by atoms with E-state index in [9.17, 15) is 9.90 Å². The van der Waals surface area contributed by atoms with Gasteiger partial charge >= 0.3 is 0 Å². The Morgan fingerprint density at radius 2 is 2.00 bits per heavy atom. The van der Waals surface area contributed by atoms with Crippen LogP contribution in [0.4, 0.5) is 0 Å². The van der Waals surface area contributed by atoms with Crippen LogP contribution in [0, 0.1) is 0 Å². The molecule has 0 aliphatic rings. The minimum Gasteiger partial charge on any atom is -0.872 e. The maximum Gasteiger partial charge on any atom is 0.189 e. The third-order valence-electron chi connectivity index (χ3n) is 1.77. The quantitative estimate of drug-likeness (QED) is 0.735. The summed E-state index contributed by atoms with van der Waals surface area (Å²) in [6.45, 7) is 0. The van der Waals surface area contributed by atoms with Gasteiger partial charge in [-0.2, -0.15) is 0 Å². The van der Waals surface area contributed by atoms with Crippen molar-refractivity contribution in [2.75, 3.05) is 6.26 Å². The maximum absolute atomic E-state index is 11.0. The second-order valence-corrected chi connectivity index (χ2v) is 3.58. The number of aryl methyl sites for hydroxylation is 1. The Hall–Kier alpha value is -0.960. The third kappa shape index (κ3) is 3.51. The molecule has 0 unspecified atom stereocenters. The first-order chi connectivity index (χ1) is 6.22. The largest absolute Gasteiger partial charge is 0.872 e. The van der Waals surface area contributed by atoms with Gasteiger partial charge in [0.05, 0.1) is 0 Å². The molecule has 0 heterocycles.